The summed E-state index contributed by atoms with van der Waals surface area (Å²) < 4.78 is 41.6. The summed E-state index contributed by atoms with van der Waals surface area (Å²) in [7, 11) is -2.20. The van der Waals surface area contributed by atoms with E-state index in [9.17, 15) is 13.2 Å². The molecular formula is C21H26N2O5S2. The van der Waals surface area contributed by atoms with Crippen molar-refractivity contribution in [2.45, 2.75) is 51.3 Å². The number of ether oxygens (including phenoxy) is 2. The lowest BCUT2D eigenvalue weighted by Crippen LogP contribution is -2.23. The standard InChI is InChI=1S/C21H26N2O5S2/c1-5-10-23-17-8-7-16(12-20(17)29-21(23)24)30(25,26)22-13-15-6-9-18(28-14(2)3)19(11-15)27-4/h6-9,11-12,14,22H,5,10,13H2,1-4H3. The summed E-state index contributed by atoms with van der Waals surface area (Å²) in [5, 5.41) is 0. The van der Waals surface area contributed by atoms with Crippen LogP contribution in [-0.4, -0.2) is 26.2 Å². The van der Waals surface area contributed by atoms with Gasteiger partial charge in [-0.05, 0) is 56.2 Å². The number of benzene rings is 2. The van der Waals surface area contributed by atoms with E-state index in [0.717, 1.165) is 28.8 Å². The molecule has 9 heteroatoms. The van der Waals surface area contributed by atoms with Gasteiger partial charge in [-0.15, -0.1) is 0 Å². The van der Waals surface area contributed by atoms with E-state index in [0.29, 0.717) is 22.7 Å². The van der Waals surface area contributed by atoms with E-state index in [1.54, 1.807) is 42.0 Å². The van der Waals surface area contributed by atoms with E-state index < -0.39 is 10.0 Å². The first-order valence-corrected chi connectivity index (χ1v) is 12.0. The smallest absolute Gasteiger partial charge is 0.308 e. The summed E-state index contributed by atoms with van der Waals surface area (Å²) in [5.74, 6) is 1.15. The summed E-state index contributed by atoms with van der Waals surface area (Å²) in [6.07, 6.45) is 0.832. The third-order valence-corrected chi connectivity index (χ3v) is 6.80. The van der Waals surface area contributed by atoms with Gasteiger partial charge >= 0.3 is 4.87 Å². The number of methoxy groups -OCH3 is 1. The van der Waals surface area contributed by atoms with Crippen LogP contribution in [0.2, 0.25) is 0 Å². The van der Waals surface area contributed by atoms with E-state index in [4.69, 9.17) is 9.47 Å². The molecule has 1 N–H and O–H groups in total. The lowest BCUT2D eigenvalue weighted by Gasteiger charge is -2.15. The number of thiazole rings is 1. The van der Waals surface area contributed by atoms with E-state index >= 15 is 0 Å². The summed E-state index contributed by atoms with van der Waals surface area (Å²) in [6.45, 7) is 6.55. The predicted octanol–water partition coefficient (Wildman–Crippen LogP) is 3.75. The van der Waals surface area contributed by atoms with Crippen LogP contribution in [0.15, 0.2) is 46.1 Å². The Balaban J connectivity index is 1.80. The van der Waals surface area contributed by atoms with Crippen molar-refractivity contribution in [1.82, 2.24) is 9.29 Å². The van der Waals surface area contributed by atoms with Crippen molar-refractivity contribution in [1.29, 1.82) is 0 Å². The molecule has 162 valence electrons. The molecule has 3 aromatic rings. The van der Waals surface area contributed by atoms with Crippen molar-refractivity contribution in [2.75, 3.05) is 7.11 Å². The van der Waals surface area contributed by atoms with Gasteiger partial charge in [-0.2, -0.15) is 0 Å². The molecule has 0 amide bonds. The van der Waals surface area contributed by atoms with Crippen molar-refractivity contribution < 1.29 is 17.9 Å². The summed E-state index contributed by atoms with van der Waals surface area (Å²) in [5.41, 5.74) is 1.50. The third-order valence-electron chi connectivity index (χ3n) is 4.45. The molecule has 0 atom stereocenters. The molecule has 1 aromatic heterocycles. The van der Waals surface area contributed by atoms with Gasteiger partial charge in [0.1, 0.15) is 0 Å². The van der Waals surface area contributed by atoms with Gasteiger partial charge in [0.05, 0.1) is 28.3 Å². The minimum absolute atomic E-state index is 0.000985. The Hall–Kier alpha value is -2.36. The van der Waals surface area contributed by atoms with Crippen molar-refractivity contribution in [2.24, 2.45) is 0 Å². The maximum absolute atomic E-state index is 12.8. The van der Waals surface area contributed by atoms with E-state index in [-0.39, 0.29) is 22.4 Å². The molecule has 0 fully saturated rings. The fourth-order valence-corrected chi connectivity index (χ4v) is 5.16. The van der Waals surface area contributed by atoms with Crippen molar-refractivity contribution >= 4 is 31.6 Å². The average molecular weight is 451 g/mol. The first-order valence-electron chi connectivity index (χ1n) is 9.71. The first-order chi connectivity index (χ1) is 14.2. The zero-order valence-corrected chi connectivity index (χ0v) is 19.1. The number of fused-ring (bicyclic) bond motifs is 1. The van der Waals surface area contributed by atoms with Gasteiger partial charge in [-0.3, -0.25) is 9.36 Å². The number of aromatic nitrogens is 1. The molecule has 0 aliphatic carbocycles. The monoisotopic (exact) mass is 450 g/mol. The average Bonchev–Trinajstić information content (AvgIpc) is 3.01. The molecule has 0 saturated carbocycles. The summed E-state index contributed by atoms with van der Waals surface area (Å²) in [6, 6.07) is 10.1. The molecule has 0 saturated heterocycles. The van der Waals surface area contributed by atoms with Crippen LogP contribution >= 0.6 is 11.3 Å². The van der Waals surface area contributed by atoms with Crippen LogP contribution in [0.25, 0.3) is 10.2 Å². The van der Waals surface area contributed by atoms with Gasteiger partial charge in [-0.25, -0.2) is 13.1 Å². The molecule has 30 heavy (non-hydrogen) atoms. The summed E-state index contributed by atoms with van der Waals surface area (Å²) >= 11 is 1.06. The number of sulfonamides is 1. The minimum atomic E-state index is -3.74. The highest BCUT2D eigenvalue weighted by Gasteiger charge is 2.17. The van der Waals surface area contributed by atoms with Gasteiger partial charge in [0.2, 0.25) is 10.0 Å². The molecule has 0 aliphatic rings. The van der Waals surface area contributed by atoms with Gasteiger partial charge in [0.15, 0.2) is 11.5 Å². The van der Waals surface area contributed by atoms with Crippen LogP contribution < -0.4 is 19.1 Å². The molecule has 3 rings (SSSR count). The number of rotatable bonds is 9. The van der Waals surface area contributed by atoms with Crippen LogP contribution in [0.1, 0.15) is 32.8 Å². The van der Waals surface area contributed by atoms with Crippen molar-refractivity contribution in [3.8, 4) is 11.5 Å². The second-order valence-electron chi connectivity index (χ2n) is 7.13. The van der Waals surface area contributed by atoms with E-state index in [1.807, 2.05) is 20.8 Å². The largest absolute Gasteiger partial charge is 0.493 e. The van der Waals surface area contributed by atoms with Gasteiger partial charge < -0.3 is 9.47 Å². The van der Waals surface area contributed by atoms with Crippen LogP contribution in [-0.2, 0) is 23.1 Å². The Kier molecular flexibility index (Phi) is 6.84. The summed E-state index contributed by atoms with van der Waals surface area (Å²) in [4.78, 5) is 12.2. The van der Waals surface area contributed by atoms with Crippen LogP contribution in [0.4, 0.5) is 0 Å². The van der Waals surface area contributed by atoms with Crippen molar-refractivity contribution in [3.63, 3.8) is 0 Å². The van der Waals surface area contributed by atoms with Crippen LogP contribution in [0.3, 0.4) is 0 Å². The Morgan fingerprint density at radius 3 is 2.57 bits per heavy atom. The minimum Gasteiger partial charge on any atom is -0.493 e. The second-order valence-corrected chi connectivity index (χ2v) is 9.89. The molecular weight excluding hydrogens is 424 g/mol. The Bertz CT molecular complexity index is 1200. The Morgan fingerprint density at radius 2 is 1.90 bits per heavy atom. The molecule has 2 aromatic carbocycles. The van der Waals surface area contributed by atoms with Gasteiger partial charge in [-0.1, -0.05) is 24.3 Å². The maximum Gasteiger partial charge on any atom is 0.308 e. The quantitative estimate of drug-likeness (QED) is 0.537. The second kappa shape index (κ2) is 9.20. The molecule has 0 unspecified atom stereocenters. The molecule has 1 heterocycles. The van der Waals surface area contributed by atoms with Crippen LogP contribution in [0, 0.1) is 0 Å². The third kappa shape index (κ3) is 4.85. The predicted molar refractivity (Wildman–Crippen MR) is 119 cm³/mol. The van der Waals surface area contributed by atoms with Crippen molar-refractivity contribution in [3.05, 3.63) is 51.6 Å². The molecule has 0 bridgehead atoms. The Morgan fingerprint density at radius 1 is 1.13 bits per heavy atom. The number of aryl methyl sites for hydroxylation is 1. The van der Waals surface area contributed by atoms with Gasteiger partial charge in [0.25, 0.3) is 0 Å². The normalized spacial score (nSPS) is 11.9. The SMILES string of the molecule is CCCn1c(=O)sc2cc(S(=O)(=O)NCc3ccc(OC(C)C)c(OC)c3)ccc21. The van der Waals surface area contributed by atoms with Gasteiger partial charge in [0, 0.05) is 13.1 Å². The van der Waals surface area contributed by atoms with E-state index in [1.165, 1.54) is 6.07 Å². The highest BCUT2D eigenvalue weighted by atomic mass is 32.2. The topological polar surface area (TPSA) is 86.6 Å². The molecule has 0 aliphatic heterocycles. The fraction of sp³-hybridized carbons (Fsp3) is 0.381. The zero-order chi connectivity index (χ0) is 21.9. The first kappa shape index (κ1) is 22.3. The number of nitrogens with zero attached hydrogens (tertiary/aromatic N) is 1. The van der Waals surface area contributed by atoms with Crippen LogP contribution in [0.5, 0.6) is 11.5 Å². The lowest BCUT2D eigenvalue weighted by molar-refractivity contribution is 0.230. The highest BCUT2D eigenvalue weighted by molar-refractivity contribution is 7.89. The lowest BCUT2D eigenvalue weighted by atomic mass is 10.2. The van der Waals surface area contributed by atoms with E-state index in [2.05, 4.69) is 4.72 Å². The fourth-order valence-electron chi connectivity index (χ4n) is 3.08. The maximum atomic E-state index is 12.8. The number of hydrogen-bond acceptors (Lipinski definition) is 6. The molecule has 0 radical (unpaired) electrons. The zero-order valence-electron chi connectivity index (χ0n) is 17.5. The highest BCUT2D eigenvalue weighted by Crippen LogP contribution is 2.29. The Labute approximate surface area is 180 Å². The molecule has 7 nitrogen and oxygen atoms in total. The number of hydrogen-bond donors (Lipinski definition) is 1. The number of nitrogens with one attached hydrogen (secondary N) is 1. The molecule has 0 spiro atoms.